The van der Waals surface area contributed by atoms with Gasteiger partial charge in [-0.1, -0.05) is 13.8 Å². The Hall–Kier alpha value is -2.72. The molecular weight excluding hydrogens is 464 g/mol. The van der Waals surface area contributed by atoms with E-state index in [-0.39, 0.29) is 24.7 Å². The number of carbonyl (C=O) groups is 4. The van der Waals surface area contributed by atoms with E-state index in [0.717, 1.165) is 20.9 Å². The van der Waals surface area contributed by atoms with E-state index in [1.54, 1.807) is 0 Å². The molecule has 180 valence electrons. The van der Waals surface area contributed by atoms with Crippen LogP contribution in [0, 0.1) is 13.8 Å². The van der Waals surface area contributed by atoms with E-state index < -0.39 is 11.9 Å². The smallest absolute Gasteiger partial charge is 0.341 e. The highest BCUT2D eigenvalue weighted by Crippen LogP contribution is 2.35. The lowest BCUT2D eigenvalue weighted by Crippen LogP contribution is -2.17. The minimum absolute atomic E-state index is 0.111. The number of methoxy groups -OCH3 is 2. The van der Waals surface area contributed by atoms with Crippen LogP contribution in [0.2, 0.25) is 0 Å². The molecule has 0 aliphatic rings. The maximum Gasteiger partial charge on any atom is 0.341 e. The first-order valence-electron chi connectivity index (χ1n) is 10.7. The van der Waals surface area contributed by atoms with Crippen molar-refractivity contribution in [3.8, 4) is 0 Å². The Bertz CT molecular complexity index is 972. The number of nitrogens with one attached hydrogen (secondary N) is 2. The fraction of sp³-hybridized carbons (Fsp3) is 0.478. The van der Waals surface area contributed by atoms with Crippen molar-refractivity contribution in [2.75, 3.05) is 24.9 Å². The van der Waals surface area contributed by atoms with E-state index in [4.69, 9.17) is 9.47 Å². The van der Waals surface area contributed by atoms with Crippen molar-refractivity contribution in [3.63, 3.8) is 0 Å². The van der Waals surface area contributed by atoms with Gasteiger partial charge in [0, 0.05) is 22.6 Å². The normalized spacial score (nSPS) is 10.6. The van der Waals surface area contributed by atoms with E-state index in [2.05, 4.69) is 10.6 Å². The molecule has 0 fully saturated rings. The van der Waals surface area contributed by atoms with Gasteiger partial charge >= 0.3 is 11.9 Å². The molecule has 0 aliphatic heterocycles. The summed E-state index contributed by atoms with van der Waals surface area (Å²) < 4.78 is 9.74. The molecule has 2 aromatic rings. The third-order valence-corrected chi connectivity index (χ3v) is 7.34. The van der Waals surface area contributed by atoms with Crippen molar-refractivity contribution in [1.29, 1.82) is 0 Å². The number of carbonyl (C=O) groups excluding carboxylic acids is 4. The zero-order valence-electron chi connectivity index (χ0n) is 19.8. The molecule has 0 saturated carbocycles. The molecule has 0 bridgehead atoms. The van der Waals surface area contributed by atoms with Crippen LogP contribution in [0.5, 0.6) is 0 Å². The highest BCUT2D eigenvalue weighted by molar-refractivity contribution is 7.17. The maximum atomic E-state index is 12.4. The van der Waals surface area contributed by atoms with E-state index in [1.165, 1.54) is 36.9 Å². The second kappa shape index (κ2) is 11.9. The number of amides is 2. The molecule has 0 radical (unpaired) electrons. The summed E-state index contributed by atoms with van der Waals surface area (Å²) in [6, 6.07) is 0. The summed E-state index contributed by atoms with van der Waals surface area (Å²) in [5.74, 6) is -1.53. The first-order chi connectivity index (χ1) is 15.7. The van der Waals surface area contributed by atoms with Crippen molar-refractivity contribution >= 4 is 56.4 Å². The van der Waals surface area contributed by atoms with Gasteiger partial charge in [-0.15, -0.1) is 22.7 Å². The topological polar surface area (TPSA) is 111 Å². The van der Waals surface area contributed by atoms with Crippen LogP contribution in [0.4, 0.5) is 10.0 Å². The molecule has 0 unspecified atom stereocenters. The molecule has 2 N–H and O–H groups in total. The van der Waals surface area contributed by atoms with Gasteiger partial charge in [0.15, 0.2) is 0 Å². The van der Waals surface area contributed by atoms with Gasteiger partial charge in [-0.05, 0) is 44.2 Å². The number of ether oxygens (including phenoxy) is 2. The first kappa shape index (κ1) is 26.5. The summed E-state index contributed by atoms with van der Waals surface area (Å²) in [5.41, 5.74) is 2.51. The molecule has 8 nitrogen and oxygen atoms in total. The monoisotopic (exact) mass is 494 g/mol. The highest BCUT2D eigenvalue weighted by atomic mass is 32.1. The van der Waals surface area contributed by atoms with Crippen LogP contribution in [0.3, 0.4) is 0 Å². The molecule has 2 rings (SSSR count). The summed E-state index contributed by atoms with van der Waals surface area (Å²) in [5, 5.41) is 6.50. The third-order valence-electron chi connectivity index (χ3n) is 5.22. The molecule has 0 saturated heterocycles. The molecule has 0 aromatic carbocycles. The Labute approximate surface area is 201 Å². The summed E-state index contributed by atoms with van der Waals surface area (Å²) >= 11 is 2.67. The number of esters is 2. The van der Waals surface area contributed by atoms with Crippen molar-refractivity contribution < 1.29 is 28.7 Å². The second-order valence-corrected chi connectivity index (χ2v) is 9.77. The predicted molar refractivity (Wildman–Crippen MR) is 131 cm³/mol. The maximum absolute atomic E-state index is 12.4. The van der Waals surface area contributed by atoms with Gasteiger partial charge in [-0.3, -0.25) is 9.59 Å². The number of hydrogen-bond donors (Lipinski definition) is 2. The summed E-state index contributed by atoms with van der Waals surface area (Å²) in [6.07, 6.45) is 1.84. The molecule has 2 amide bonds. The van der Waals surface area contributed by atoms with Crippen LogP contribution in [-0.4, -0.2) is 38.0 Å². The average molecular weight is 495 g/mol. The van der Waals surface area contributed by atoms with Crippen LogP contribution in [0.15, 0.2) is 0 Å². The van der Waals surface area contributed by atoms with Gasteiger partial charge < -0.3 is 20.1 Å². The molecule has 2 aromatic heterocycles. The van der Waals surface area contributed by atoms with Crippen LogP contribution in [-0.2, 0) is 31.9 Å². The molecular formula is C23H30N2O6S2. The number of aryl methyl sites for hydroxylation is 2. The average Bonchev–Trinajstić information content (AvgIpc) is 3.26. The van der Waals surface area contributed by atoms with Gasteiger partial charge in [0.05, 0.1) is 25.3 Å². The third kappa shape index (κ3) is 6.20. The van der Waals surface area contributed by atoms with Crippen molar-refractivity contribution in [2.24, 2.45) is 0 Å². The standard InChI is InChI=1S/C23H30N2O6S2/c1-7-14-12(3)32-20(18(14)22(28)30-5)24-16(26)10-9-11-17(27)25-21-19(23(29)31-6)15(8-2)13(4)33-21/h7-11H2,1-6H3,(H,24,26)(H,25,27). The minimum Gasteiger partial charge on any atom is -0.465 e. The highest BCUT2D eigenvalue weighted by Gasteiger charge is 2.24. The predicted octanol–water partition coefficient (Wildman–Crippen LogP) is 4.87. The van der Waals surface area contributed by atoms with Crippen molar-refractivity contribution in [3.05, 3.63) is 32.0 Å². The van der Waals surface area contributed by atoms with E-state index in [0.29, 0.717) is 40.4 Å². The fourth-order valence-corrected chi connectivity index (χ4v) is 5.91. The number of rotatable bonds is 10. The Morgan fingerprint density at radius 1 is 0.727 bits per heavy atom. The zero-order chi connectivity index (χ0) is 24.7. The largest absolute Gasteiger partial charge is 0.465 e. The summed E-state index contributed by atoms with van der Waals surface area (Å²) in [7, 11) is 2.62. The van der Waals surface area contributed by atoms with Crippen LogP contribution >= 0.6 is 22.7 Å². The fourth-order valence-electron chi connectivity index (χ4n) is 3.61. The summed E-state index contributed by atoms with van der Waals surface area (Å²) in [4.78, 5) is 51.2. The van der Waals surface area contributed by atoms with Crippen LogP contribution in [0.1, 0.15) is 74.7 Å². The van der Waals surface area contributed by atoms with Gasteiger partial charge in [-0.25, -0.2) is 9.59 Å². The number of thiophene rings is 2. The molecule has 0 aliphatic carbocycles. The zero-order valence-corrected chi connectivity index (χ0v) is 21.4. The number of hydrogen-bond acceptors (Lipinski definition) is 8. The summed E-state index contributed by atoms with van der Waals surface area (Å²) in [6.45, 7) is 7.68. The molecule has 0 atom stereocenters. The van der Waals surface area contributed by atoms with Gasteiger partial charge in [0.2, 0.25) is 11.8 Å². The van der Waals surface area contributed by atoms with Crippen LogP contribution in [0.25, 0.3) is 0 Å². The quantitative estimate of drug-likeness (QED) is 0.456. The van der Waals surface area contributed by atoms with Gasteiger partial charge in [0.1, 0.15) is 10.0 Å². The second-order valence-electron chi connectivity index (χ2n) is 7.32. The Kier molecular flexibility index (Phi) is 9.60. The molecule has 33 heavy (non-hydrogen) atoms. The lowest BCUT2D eigenvalue weighted by molar-refractivity contribution is -0.117. The lowest BCUT2D eigenvalue weighted by atomic mass is 10.1. The number of anilines is 2. The Balaban J connectivity index is 1.98. The molecule has 2 heterocycles. The van der Waals surface area contributed by atoms with E-state index in [9.17, 15) is 19.2 Å². The van der Waals surface area contributed by atoms with Crippen LogP contribution < -0.4 is 10.6 Å². The van der Waals surface area contributed by atoms with E-state index in [1.807, 2.05) is 27.7 Å². The van der Waals surface area contributed by atoms with Crippen molar-refractivity contribution in [2.45, 2.75) is 59.8 Å². The first-order valence-corrected chi connectivity index (χ1v) is 12.3. The van der Waals surface area contributed by atoms with Gasteiger partial charge in [-0.2, -0.15) is 0 Å². The minimum atomic E-state index is -0.482. The Morgan fingerprint density at radius 3 is 1.39 bits per heavy atom. The Morgan fingerprint density at radius 2 is 1.09 bits per heavy atom. The lowest BCUT2D eigenvalue weighted by Gasteiger charge is -2.08. The SMILES string of the molecule is CCc1c(C)sc(NC(=O)CCCC(=O)Nc2sc(C)c(CC)c2C(=O)OC)c1C(=O)OC. The van der Waals surface area contributed by atoms with Crippen molar-refractivity contribution in [1.82, 2.24) is 0 Å². The molecule has 10 heteroatoms. The van der Waals surface area contributed by atoms with E-state index >= 15 is 0 Å². The van der Waals surface area contributed by atoms with Gasteiger partial charge in [0.25, 0.3) is 0 Å². The molecule has 0 spiro atoms.